The molecule has 0 aliphatic carbocycles. The van der Waals surface area contributed by atoms with Crippen molar-refractivity contribution in [3.63, 3.8) is 0 Å². The Bertz CT molecular complexity index is 309. The highest BCUT2D eigenvalue weighted by molar-refractivity contribution is 5.81. The predicted molar refractivity (Wildman–Crippen MR) is 62.7 cm³/mol. The van der Waals surface area contributed by atoms with Crippen molar-refractivity contribution in [1.82, 2.24) is 4.90 Å². The van der Waals surface area contributed by atoms with Crippen LogP contribution in [0.2, 0.25) is 0 Å². The number of furan rings is 1. The van der Waals surface area contributed by atoms with Gasteiger partial charge in [0.2, 0.25) is 5.91 Å². The Morgan fingerprint density at radius 1 is 1.56 bits per heavy atom. The monoisotopic (exact) mass is 224 g/mol. The lowest BCUT2D eigenvalue weighted by Crippen LogP contribution is -2.43. The number of hydrogen-bond donors (Lipinski definition) is 1. The predicted octanol–water partition coefficient (Wildman–Crippen LogP) is 1.76. The molecule has 0 fully saturated rings. The second kappa shape index (κ2) is 6.33. The summed E-state index contributed by atoms with van der Waals surface area (Å²) in [6.07, 6.45) is 4.93. The van der Waals surface area contributed by atoms with E-state index in [4.69, 9.17) is 10.2 Å². The van der Waals surface area contributed by atoms with E-state index < -0.39 is 0 Å². The van der Waals surface area contributed by atoms with Crippen LogP contribution < -0.4 is 5.73 Å². The van der Waals surface area contributed by atoms with Crippen LogP contribution >= 0.6 is 0 Å². The van der Waals surface area contributed by atoms with Gasteiger partial charge in [-0.1, -0.05) is 13.3 Å². The van der Waals surface area contributed by atoms with Gasteiger partial charge in [-0.25, -0.2) is 0 Å². The van der Waals surface area contributed by atoms with Crippen LogP contribution in [0.15, 0.2) is 23.0 Å². The topological polar surface area (TPSA) is 59.5 Å². The third kappa shape index (κ3) is 3.38. The smallest absolute Gasteiger partial charge is 0.239 e. The summed E-state index contributed by atoms with van der Waals surface area (Å²) in [4.78, 5) is 13.7. The second-order valence-corrected chi connectivity index (χ2v) is 3.88. The molecule has 1 atom stereocenters. The molecule has 0 aliphatic heterocycles. The molecule has 0 saturated heterocycles. The maximum atomic E-state index is 12.0. The van der Waals surface area contributed by atoms with E-state index in [0.29, 0.717) is 13.1 Å². The van der Waals surface area contributed by atoms with E-state index in [1.165, 1.54) is 0 Å². The molecule has 0 aliphatic rings. The fourth-order valence-electron chi connectivity index (χ4n) is 1.62. The summed E-state index contributed by atoms with van der Waals surface area (Å²) in [5.41, 5.74) is 6.82. The summed E-state index contributed by atoms with van der Waals surface area (Å²) in [7, 11) is 0. The van der Waals surface area contributed by atoms with Gasteiger partial charge in [-0.2, -0.15) is 0 Å². The summed E-state index contributed by atoms with van der Waals surface area (Å²) < 4.78 is 4.98. The average Bonchev–Trinajstić information content (AvgIpc) is 2.78. The van der Waals surface area contributed by atoms with Gasteiger partial charge >= 0.3 is 0 Å². The lowest BCUT2D eigenvalue weighted by Gasteiger charge is -2.23. The molecule has 90 valence electrons. The SMILES string of the molecule is CCCC(N)C(=O)N(CC)Cc1ccoc1. The summed E-state index contributed by atoms with van der Waals surface area (Å²) in [5.74, 6) is 0.0190. The van der Waals surface area contributed by atoms with Crippen LogP contribution in [0.1, 0.15) is 32.3 Å². The molecule has 1 unspecified atom stereocenters. The first-order valence-corrected chi connectivity index (χ1v) is 5.74. The van der Waals surface area contributed by atoms with E-state index in [1.54, 1.807) is 17.4 Å². The van der Waals surface area contributed by atoms with Gasteiger partial charge < -0.3 is 15.1 Å². The Hall–Kier alpha value is -1.29. The number of nitrogens with two attached hydrogens (primary N) is 1. The molecule has 1 aromatic heterocycles. The zero-order chi connectivity index (χ0) is 12.0. The molecule has 0 bridgehead atoms. The molecule has 0 spiro atoms. The largest absolute Gasteiger partial charge is 0.472 e. The number of rotatable bonds is 6. The minimum atomic E-state index is -0.378. The molecule has 0 aromatic carbocycles. The van der Waals surface area contributed by atoms with Crippen molar-refractivity contribution >= 4 is 5.91 Å². The van der Waals surface area contributed by atoms with Crippen molar-refractivity contribution in [3.8, 4) is 0 Å². The van der Waals surface area contributed by atoms with Gasteiger partial charge in [0.1, 0.15) is 0 Å². The summed E-state index contributed by atoms with van der Waals surface area (Å²) in [5, 5.41) is 0. The fraction of sp³-hybridized carbons (Fsp3) is 0.583. The lowest BCUT2D eigenvalue weighted by molar-refractivity contribution is -0.133. The van der Waals surface area contributed by atoms with Crippen molar-refractivity contribution in [1.29, 1.82) is 0 Å². The lowest BCUT2D eigenvalue weighted by atomic mass is 10.1. The minimum Gasteiger partial charge on any atom is -0.472 e. The van der Waals surface area contributed by atoms with E-state index in [2.05, 4.69) is 0 Å². The van der Waals surface area contributed by atoms with Crippen molar-refractivity contribution < 1.29 is 9.21 Å². The van der Waals surface area contributed by atoms with Crippen LogP contribution in [0, 0.1) is 0 Å². The second-order valence-electron chi connectivity index (χ2n) is 3.88. The van der Waals surface area contributed by atoms with E-state index in [-0.39, 0.29) is 11.9 Å². The van der Waals surface area contributed by atoms with Crippen LogP contribution in [0.4, 0.5) is 0 Å². The highest BCUT2D eigenvalue weighted by atomic mass is 16.3. The first-order valence-electron chi connectivity index (χ1n) is 5.74. The Morgan fingerprint density at radius 2 is 2.31 bits per heavy atom. The van der Waals surface area contributed by atoms with Crippen LogP contribution in [0.25, 0.3) is 0 Å². The highest BCUT2D eigenvalue weighted by Crippen LogP contribution is 2.08. The number of amides is 1. The van der Waals surface area contributed by atoms with Gasteiger partial charge in [0, 0.05) is 18.7 Å². The van der Waals surface area contributed by atoms with Gasteiger partial charge in [-0.3, -0.25) is 4.79 Å². The summed E-state index contributed by atoms with van der Waals surface area (Å²) >= 11 is 0. The molecule has 1 heterocycles. The molecular formula is C12H20N2O2. The molecule has 1 aromatic rings. The first kappa shape index (κ1) is 12.8. The van der Waals surface area contributed by atoms with Gasteiger partial charge in [0.05, 0.1) is 18.6 Å². The van der Waals surface area contributed by atoms with E-state index in [1.807, 2.05) is 19.9 Å². The van der Waals surface area contributed by atoms with Gasteiger partial charge in [0.25, 0.3) is 0 Å². The first-order chi connectivity index (χ1) is 7.69. The van der Waals surface area contributed by atoms with Crippen LogP contribution in [-0.4, -0.2) is 23.4 Å². The number of nitrogens with zero attached hydrogens (tertiary/aromatic N) is 1. The highest BCUT2D eigenvalue weighted by Gasteiger charge is 2.19. The summed E-state index contributed by atoms with van der Waals surface area (Å²) in [6.45, 7) is 5.22. The Labute approximate surface area is 96.4 Å². The number of likely N-dealkylation sites (N-methyl/N-ethyl adjacent to an activating group) is 1. The molecule has 1 rings (SSSR count). The molecule has 0 radical (unpaired) electrons. The third-order valence-corrected chi connectivity index (χ3v) is 2.56. The maximum Gasteiger partial charge on any atom is 0.239 e. The Kier molecular flexibility index (Phi) is 5.05. The molecule has 0 saturated carbocycles. The molecule has 1 amide bonds. The zero-order valence-electron chi connectivity index (χ0n) is 9.98. The van der Waals surface area contributed by atoms with E-state index in [0.717, 1.165) is 18.4 Å². The van der Waals surface area contributed by atoms with Gasteiger partial charge in [-0.05, 0) is 19.4 Å². The Balaban J connectivity index is 2.56. The molecular weight excluding hydrogens is 204 g/mol. The van der Waals surface area contributed by atoms with E-state index >= 15 is 0 Å². The normalized spacial score (nSPS) is 12.4. The van der Waals surface area contributed by atoms with Gasteiger partial charge in [-0.15, -0.1) is 0 Å². The van der Waals surface area contributed by atoms with Gasteiger partial charge in [0.15, 0.2) is 0 Å². The number of hydrogen-bond acceptors (Lipinski definition) is 3. The van der Waals surface area contributed by atoms with Crippen molar-refractivity contribution in [3.05, 3.63) is 24.2 Å². The van der Waals surface area contributed by atoms with Crippen LogP contribution in [-0.2, 0) is 11.3 Å². The van der Waals surface area contributed by atoms with Crippen LogP contribution in [0.5, 0.6) is 0 Å². The molecule has 16 heavy (non-hydrogen) atoms. The number of carbonyl (C=O) groups excluding carboxylic acids is 1. The van der Waals surface area contributed by atoms with Crippen LogP contribution in [0.3, 0.4) is 0 Å². The Morgan fingerprint density at radius 3 is 2.81 bits per heavy atom. The molecule has 4 nitrogen and oxygen atoms in total. The number of carbonyl (C=O) groups is 1. The quantitative estimate of drug-likeness (QED) is 0.801. The molecule has 2 N–H and O–H groups in total. The van der Waals surface area contributed by atoms with Crippen molar-refractivity contribution in [2.24, 2.45) is 5.73 Å². The standard InChI is InChI=1S/C12H20N2O2/c1-3-5-11(13)12(15)14(4-2)8-10-6-7-16-9-10/h6-7,9,11H,3-5,8,13H2,1-2H3. The molecule has 4 heteroatoms. The average molecular weight is 224 g/mol. The fourth-order valence-corrected chi connectivity index (χ4v) is 1.62. The zero-order valence-corrected chi connectivity index (χ0v) is 9.98. The third-order valence-electron chi connectivity index (χ3n) is 2.56. The maximum absolute atomic E-state index is 12.0. The van der Waals surface area contributed by atoms with Crippen molar-refractivity contribution in [2.75, 3.05) is 6.54 Å². The van der Waals surface area contributed by atoms with Crippen molar-refractivity contribution in [2.45, 2.75) is 39.3 Å². The minimum absolute atomic E-state index is 0.0190. The van der Waals surface area contributed by atoms with E-state index in [9.17, 15) is 4.79 Å². The summed E-state index contributed by atoms with van der Waals surface area (Å²) in [6, 6.07) is 1.48.